The van der Waals surface area contributed by atoms with Crippen molar-refractivity contribution in [1.82, 2.24) is 5.32 Å². The molecule has 1 aliphatic heterocycles. The summed E-state index contributed by atoms with van der Waals surface area (Å²) >= 11 is 3.47. The van der Waals surface area contributed by atoms with E-state index in [-0.39, 0.29) is 12.5 Å². The zero-order chi connectivity index (χ0) is 13.0. The molecule has 0 amide bonds. The van der Waals surface area contributed by atoms with Gasteiger partial charge in [-0.25, -0.2) is 0 Å². The van der Waals surface area contributed by atoms with Crippen LogP contribution >= 0.6 is 15.9 Å². The van der Waals surface area contributed by atoms with Crippen molar-refractivity contribution in [3.63, 3.8) is 0 Å². The van der Waals surface area contributed by atoms with Crippen LogP contribution in [0.3, 0.4) is 0 Å². The summed E-state index contributed by atoms with van der Waals surface area (Å²) in [5.41, 5.74) is 1.15. The van der Waals surface area contributed by atoms with Crippen molar-refractivity contribution >= 4 is 27.6 Å². The van der Waals surface area contributed by atoms with Crippen LogP contribution in [0.5, 0.6) is 0 Å². The van der Waals surface area contributed by atoms with E-state index in [1.807, 2.05) is 12.1 Å². The maximum absolute atomic E-state index is 10.7. The number of benzene rings is 1. The molecule has 0 radical (unpaired) electrons. The molecule has 0 aromatic heterocycles. The fraction of sp³-hybridized carbons (Fsp3) is 0.462. The van der Waals surface area contributed by atoms with Gasteiger partial charge < -0.3 is 15.3 Å². The molecule has 0 bridgehead atoms. The van der Waals surface area contributed by atoms with Crippen molar-refractivity contribution in [3.05, 3.63) is 28.7 Å². The lowest BCUT2D eigenvalue weighted by molar-refractivity contribution is -0.137. The lowest BCUT2D eigenvalue weighted by Crippen LogP contribution is -2.51. The number of nitrogens with zero attached hydrogens (tertiary/aromatic N) is 1. The van der Waals surface area contributed by atoms with Gasteiger partial charge in [0, 0.05) is 42.3 Å². The molecule has 5 heteroatoms. The van der Waals surface area contributed by atoms with Crippen LogP contribution in [0.1, 0.15) is 12.8 Å². The summed E-state index contributed by atoms with van der Waals surface area (Å²) in [6.07, 6.45) is 0.895. The van der Waals surface area contributed by atoms with Gasteiger partial charge in [-0.1, -0.05) is 22.0 Å². The van der Waals surface area contributed by atoms with E-state index in [0.29, 0.717) is 6.42 Å². The maximum atomic E-state index is 10.7. The van der Waals surface area contributed by atoms with E-state index in [2.05, 4.69) is 38.3 Å². The van der Waals surface area contributed by atoms with Crippen LogP contribution in [-0.4, -0.2) is 36.8 Å². The van der Waals surface area contributed by atoms with E-state index >= 15 is 0 Å². The third-order valence-electron chi connectivity index (χ3n) is 3.18. The number of aliphatic carboxylic acids is 1. The third kappa shape index (κ3) is 3.46. The van der Waals surface area contributed by atoms with Crippen LogP contribution in [0.15, 0.2) is 28.7 Å². The Balaban J connectivity index is 2.09. The van der Waals surface area contributed by atoms with E-state index in [4.69, 9.17) is 5.11 Å². The zero-order valence-electron chi connectivity index (χ0n) is 10.1. The standard InChI is InChI=1S/C13H17BrN2O2/c14-10-2-1-3-11(8-10)16-7-6-15-9-12(16)4-5-13(17)18/h1-3,8,12,15H,4-7,9H2,(H,17,18). The van der Waals surface area contributed by atoms with Crippen molar-refractivity contribution in [2.75, 3.05) is 24.5 Å². The first-order chi connectivity index (χ1) is 8.66. The second-order valence-corrected chi connectivity index (χ2v) is 5.38. The number of piperazine rings is 1. The molecule has 1 aromatic carbocycles. The summed E-state index contributed by atoms with van der Waals surface area (Å²) in [7, 11) is 0. The smallest absolute Gasteiger partial charge is 0.303 e. The molecular weight excluding hydrogens is 296 g/mol. The molecule has 98 valence electrons. The van der Waals surface area contributed by atoms with Gasteiger partial charge in [-0.05, 0) is 24.6 Å². The fourth-order valence-corrected chi connectivity index (χ4v) is 2.69. The predicted molar refractivity (Wildman–Crippen MR) is 75.0 cm³/mol. The number of hydrogen-bond acceptors (Lipinski definition) is 3. The molecule has 1 fully saturated rings. The number of halogens is 1. The van der Waals surface area contributed by atoms with Crippen LogP contribution in [0.25, 0.3) is 0 Å². The highest BCUT2D eigenvalue weighted by molar-refractivity contribution is 9.10. The molecular formula is C13H17BrN2O2. The van der Waals surface area contributed by atoms with Gasteiger partial charge in [-0.15, -0.1) is 0 Å². The Morgan fingerprint density at radius 1 is 1.56 bits per heavy atom. The normalized spacial score (nSPS) is 19.8. The summed E-state index contributed by atoms with van der Waals surface area (Å²) in [5, 5.41) is 12.1. The fourth-order valence-electron chi connectivity index (χ4n) is 2.30. The Morgan fingerprint density at radius 3 is 3.11 bits per heavy atom. The topological polar surface area (TPSA) is 52.6 Å². The van der Waals surface area contributed by atoms with Gasteiger partial charge in [-0.2, -0.15) is 0 Å². The minimum Gasteiger partial charge on any atom is -0.481 e. The van der Waals surface area contributed by atoms with Gasteiger partial charge >= 0.3 is 5.97 Å². The molecule has 18 heavy (non-hydrogen) atoms. The Morgan fingerprint density at radius 2 is 2.39 bits per heavy atom. The lowest BCUT2D eigenvalue weighted by Gasteiger charge is -2.38. The minimum absolute atomic E-state index is 0.219. The van der Waals surface area contributed by atoms with Crippen molar-refractivity contribution < 1.29 is 9.90 Å². The molecule has 1 saturated heterocycles. The molecule has 1 aromatic rings. The van der Waals surface area contributed by atoms with Gasteiger partial charge in [0.1, 0.15) is 0 Å². The Hall–Kier alpha value is -1.07. The first-order valence-electron chi connectivity index (χ1n) is 6.11. The zero-order valence-corrected chi connectivity index (χ0v) is 11.7. The highest BCUT2D eigenvalue weighted by atomic mass is 79.9. The van der Waals surface area contributed by atoms with Gasteiger partial charge in [0.05, 0.1) is 0 Å². The molecule has 0 saturated carbocycles. The number of rotatable bonds is 4. The van der Waals surface area contributed by atoms with Gasteiger partial charge in [0.2, 0.25) is 0 Å². The van der Waals surface area contributed by atoms with Gasteiger partial charge in [0.25, 0.3) is 0 Å². The second kappa shape index (κ2) is 6.20. The van der Waals surface area contributed by atoms with E-state index in [9.17, 15) is 4.79 Å². The van der Waals surface area contributed by atoms with Crippen LogP contribution in [0, 0.1) is 0 Å². The number of carboxylic acids is 1. The summed E-state index contributed by atoms with van der Waals surface area (Å²) in [6, 6.07) is 8.42. The van der Waals surface area contributed by atoms with Crippen LogP contribution in [-0.2, 0) is 4.79 Å². The average molecular weight is 313 g/mol. The molecule has 2 rings (SSSR count). The van der Waals surface area contributed by atoms with E-state index < -0.39 is 5.97 Å². The van der Waals surface area contributed by atoms with Crippen molar-refractivity contribution in [2.24, 2.45) is 0 Å². The van der Waals surface area contributed by atoms with Crippen molar-refractivity contribution in [2.45, 2.75) is 18.9 Å². The van der Waals surface area contributed by atoms with Crippen LogP contribution in [0.2, 0.25) is 0 Å². The Labute approximate surface area is 115 Å². The quantitative estimate of drug-likeness (QED) is 0.894. The van der Waals surface area contributed by atoms with Gasteiger partial charge in [0.15, 0.2) is 0 Å². The number of carbonyl (C=O) groups is 1. The highest BCUT2D eigenvalue weighted by Gasteiger charge is 2.22. The molecule has 1 heterocycles. The molecule has 2 N–H and O–H groups in total. The van der Waals surface area contributed by atoms with Crippen LogP contribution in [0.4, 0.5) is 5.69 Å². The summed E-state index contributed by atoms with van der Waals surface area (Å²) in [5.74, 6) is -0.727. The number of carboxylic acid groups (broad SMARTS) is 1. The summed E-state index contributed by atoms with van der Waals surface area (Å²) in [4.78, 5) is 13.0. The Kier molecular flexibility index (Phi) is 4.60. The SMILES string of the molecule is O=C(O)CCC1CNCCN1c1cccc(Br)c1. The average Bonchev–Trinajstić information content (AvgIpc) is 2.36. The molecule has 1 unspecified atom stereocenters. The predicted octanol–water partition coefficient (Wildman–Crippen LogP) is 2.09. The van der Waals surface area contributed by atoms with Gasteiger partial charge in [-0.3, -0.25) is 4.79 Å². The van der Waals surface area contributed by atoms with E-state index in [0.717, 1.165) is 29.8 Å². The van der Waals surface area contributed by atoms with E-state index in [1.165, 1.54) is 0 Å². The van der Waals surface area contributed by atoms with Crippen LogP contribution < -0.4 is 10.2 Å². The summed E-state index contributed by atoms with van der Waals surface area (Å²) < 4.78 is 1.05. The second-order valence-electron chi connectivity index (χ2n) is 4.46. The monoisotopic (exact) mass is 312 g/mol. The largest absolute Gasteiger partial charge is 0.481 e. The van der Waals surface area contributed by atoms with E-state index in [1.54, 1.807) is 0 Å². The highest BCUT2D eigenvalue weighted by Crippen LogP contribution is 2.24. The summed E-state index contributed by atoms with van der Waals surface area (Å²) in [6.45, 7) is 2.70. The molecule has 1 aliphatic rings. The first-order valence-corrected chi connectivity index (χ1v) is 6.91. The number of anilines is 1. The molecule has 0 aliphatic carbocycles. The maximum Gasteiger partial charge on any atom is 0.303 e. The first kappa shape index (κ1) is 13.4. The third-order valence-corrected chi connectivity index (χ3v) is 3.67. The molecule has 4 nitrogen and oxygen atoms in total. The lowest BCUT2D eigenvalue weighted by atomic mass is 10.1. The number of nitrogens with one attached hydrogen (secondary N) is 1. The minimum atomic E-state index is -0.727. The number of hydrogen-bond donors (Lipinski definition) is 2. The van der Waals surface area contributed by atoms with Crippen molar-refractivity contribution in [3.8, 4) is 0 Å². The van der Waals surface area contributed by atoms with Crippen molar-refractivity contribution in [1.29, 1.82) is 0 Å². The molecule has 1 atom stereocenters. The molecule has 0 spiro atoms. The Bertz CT molecular complexity index is 425.